The molecule has 3 unspecified atom stereocenters. The number of aromatic nitrogens is 6. The van der Waals surface area contributed by atoms with Gasteiger partial charge in [-0.25, -0.2) is 47.5 Å². The zero-order valence-electron chi connectivity index (χ0n) is 18.4. The topological polar surface area (TPSA) is 130 Å². The highest BCUT2D eigenvalue weighted by molar-refractivity contribution is 5.95. The monoisotopic (exact) mass is 473 g/mol. The predicted molar refractivity (Wildman–Crippen MR) is 126 cm³/mol. The molecule has 2 aromatic carbocycles. The minimum atomic E-state index is -0.904. The molecule has 0 amide bonds. The number of allylic oxidation sites excluding steroid dienone is 2. The van der Waals surface area contributed by atoms with Crippen LogP contribution in [-0.2, 0) is 4.84 Å². The molecule has 3 atom stereocenters. The van der Waals surface area contributed by atoms with Crippen LogP contribution in [0.3, 0.4) is 0 Å². The molecular weight excluding hydrogens is 454 g/mol. The van der Waals surface area contributed by atoms with E-state index in [0.29, 0.717) is 17.1 Å². The average Bonchev–Trinajstić information content (AvgIpc) is 3.33. The molecule has 0 radical (unpaired) electrons. The Morgan fingerprint density at radius 3 is 2.00 bits per heavy atom. The summed E-state index contributed by atoms with van der Waals surface area (Å²) in [7, 11) is 1.35. The quantitative estimate of drug-likeness (QED) is 0.338. The number of hydrogen-bond donors (Lipinski definition) is 1. The summed E-state index contributed by atoms with van der Waals surface area (Å²) in [6, 6.07) is 14.5. The van der Waals surface area contributed by atoms with E-state index in [4.69, 9.17) is 4.84 Å². The van der Waals surface area contributed by atoms with E-state index < -0.39 is 40.9 Å². The lowest BCUT2D eigenvalue weighted by Crippen LogP contribution is -2.52. The molecule has 2 aliphatic heterocycles. The maximum absolute atomic E-state index is 13.5. The third-order valence-electron chi connectivity index (χ3n) is 6.29. The van der Waals surface area contributed by atoms with Crippen molar-refractivity contribution in [3.05, 3.63) is 115 Å². The maximum atomic E-state index is 13.5. The Labute approximate surface area is 195 Å². The minimum Gasteiger partial charge on any atom is -0.399 e. The van der Waals surface area contributed by atoms with Crippen LogP contribution in [0.15, 0.2) is 97.1 Å². The normalized spacial score (nSPS) is 21.4. The van der Waals surface area contributed by atoms with Crippen LogP contribution >= 0.6 is 0 Å². The average molecular weight is 473 g/mol. The van der Waals surface area contributed by atoms with Crippen molar-refractivity contribution in [2.45, 2.75) is 18.1 Å². The first kappa shape index (κ1) is 20.7. The molecule has 35 heavy (non-hydrogen) atoms. The number of rotatable bonds is 4. The van der Waals surface area contributed by atoms with E-state index in [9.17, 15) is 19.2 Å². The zero-order valence-corrected chi connectivity index (χ0v) is 18.4. The molecule has 1 N–H and O–H groups in total. The van der Waals surface area contributed by atoms with Gasteiger partial charge in [0.25, 0.3) is 0 Å². The van der Waals surface area contributed by atoms with Gasteiger partial charge in [0.1, 0.15) is 30.9 Å². The van der Waals surface area contributed by atoms with E-state index in [1.807, 2.05) is 0 Å². The second-order valence-electron chi connectivity index (χ2n) is 8.13. The Hall–Kier alpha value is -4.87. The molecule has 2 aromatic heterocycles. The number of nitrogens with zero attached hydrogens (tertiary/aromatic N) is 6. The summed E-state index contributed by atoms with van der Waals surface area (Å²) >= 11 is 0. The largest absolute Gasteiger partial charge is 0.399 e. The molecule has 12 heteroatoms. The lowest BCUT2D eigenvalue weighted by molar-refractivity contribution is 0.196. The van der Waals surface area contributed by atoms with Crippen molar-refractivity contribution in [1.29, 1.82) is 0 Å². The Morgan fingerprint density at radius 2 is 1.37 bits per heavy atom. The number of oxime groups is 1. The van der Waals surface area contributed by atoms with Crippen molar-refractivity contribution in [2.24, 2.45) is 5.16 Å². The highest BCUT2D eigenvalue weighted by Gasteiger charge is 2.47. The molecule has 4 aromatic rings. The smallest absolute Gasteiger partial charge is 0.352 e. The fourth-order valence-electron chi connectivity index (χ4n) is 4.88. The summed E-state index contributed by atoms with van der Waals surface area (Å²) in [4.78, 5) is 58.1. The summed E-state index contributed by atoms with van der Waals surface area (Å²) in [5.74, 6) is 0. The maximum Gasteiger partial charge on any atom is 0.352 e. The van der Waals surface area contributed by atoms with Crippen LogP contribution < -0.4 is 22.8 Å². The van der Waals surface area contributed by atoms with Gasteiger partial charge in [0, 0.05) is 0 Å². The van der Waals surface area contributed by atoms with Crippen LogP contribution in [0.5, 0.6) is 0 Å². The molecule has 0 saturated carbocycles. The van der Waals surface area contributed by atoms with Gasteiger partial charge in [0.05, 0.1) is 11.4 Å². The van der Waals surface area contributed by atoms with Crippen LogP contribution in [-0.4, -0.2) is 41.1 Å². The van der Waals surface area contributed by atoms with Crippen LogP contribution in [0, 0.1) is 0 Å². The number of para-hydroxylation sites is 2. The molecule has 3 aliphatic rings. The van der Waals surface area contributed by atoms with Crippen LogP contribution in [0.1, 0.15) is 18.1 Å². The molecule has 0 spiro atoms. The first-order valence-corrected chi connectivity index (χ1v) is 10.8. The van der Waals surface area contributed by atoms with Crippen molar-refractivity contribution in [2.75, 3.05) is 7.11 Å². The van der Waals surface area contributed by atoms with Gasteiger partial charge >= 0.3 is 22.8 Å². The molecule has 12 nitrogen and oxygen atoms in total. The Bertz CT molecular complexity index is 1730. The Kier molecular flexibility index (Phi) is 4.49. The SMILES string of the molecule is CO/N=C1\C(n2[nH]c(=O)n(-c3ccccc3)c2=O)C2C=CC1n1c(=O)n(-c3ccccc3)c(=O)n12. The van der Waals surface area contributed by atoms with E-state index in [1.54, 1.807) is 72.8 Å². The van der Waals surface area contributed by atoms with Crippen molar-refractivity contribution >= 4 is 5.71 Å². The molecule has 2 bridgehead atoms. The Balaban J connectivity index is 1.59. The minimum absolute atomic E-state index is 0.302. The van der Waals surface area contributed by atoms with Crippen molar-refractivity contribution in [1.82, 2.24) is 28.3 Å². The van der Waals surface area contributed by atoms with Crippen LogP contribution in [0.2, 0.25) is 0 Å². The van der Waals surface area contributed by atoms with E-state index in [0.717, 1.165) is 13.8 Å². The summed E-state index contributed by atoms with van der Waals surface area (Å²) in [6.07, 6.45) is 3.46. The molecule has 1 aliphatic carbocycles. The molecule has 176 valence electrons. The van der Waals surface area contributed by atoms with Crippen LogP contribution in [0.25, 0.3) is 11.4 Å². The van der Waals surface area contributed by atoms with Gasteiger partial charge in [-0.3, -0.25) is 0 Å². The fraction of sp³-hybridized carbons (Fsp3) is 0.174. The van der Waals surface area contributed by atoms with Gasteiger partial charge in [-0.2, -0.15) is 0 Å². The first-order valence-electron chi connectivity index (χ1n) is 10.8. The number of aromatic amines is 1. The third kappa shape index (κ3) is 2.82. The molecule has 4 heterocycles. The standard InChI is InChI=1S/C23H19N7O5/c1-35-25-18-16-12-13-17(30-23(34)27(22(33)29(16)30)15-10-6-3-7-11-15)19(18)28-21(32)26(20(31)24-28)14-8-4-2-5-9-14/h2-13,16-17,19H,1H3,(H,24,31)/b25-18-. The summed E-state index contributed by atoms with van der Waals surface area (Å²) < 4.78 is 5.80. The summed E-state index contributed by atoms with van der Waals surface area (Å²) in [5, 5.41) is 6.71. The first-order chi connectivity index (χ1) is 17.0. The van der Waals surface area contributed by atoms with Gasteiger partial charge < -0.3 is 4.84 Å². The van der Waals surface area contributed by atoms with E-state index in [1.165, 1.54) is 16.5 Å². The van der Waals surface area contributed by atoms with Gasteiger partial charge in [-0.1, -0.05) is 53.7 Å². The number of nitrogens with one attached hydrogen (secondary N) is 1. The van der Waals surface area contributed by atoms with Crippen molar-refractivity contribution < 1.29 is 4.84 Å². The van der Waals surface area contributed by atoms with E-state index in [-0.39, 0.29) is 0 Å². The second kappa shape index (κ2) is 7.58. The highest BCUT2D eigenvalue weighted by Crippen LogP contribution is 2.38. The van der Waals surface area contributed by atoms with E-state index in [2.05, 4.69) is 10.3 Å². The number of benzene rings is 2. The van der Waals surface area contributed by atoms with Gasteiger partial charge in [0.15, 0.2) is 0 Å². The lowest BCUT2D eigenvalue weighted by atomic mass is 9.89. The van der Waals surface area contributed by atoms with Gasteiger partial charge in [0.2, 0.25) is 0 Å². The molecule has 0 fully saturated rings. The fourth-order valence-corrected chi connectivity index (χ4v) is 4.88. The third-order valence-corrected chi connectivity index (χ3v) is 6.29. The number of H-pyrrole nitrogens is 1. The summed E-state index contributed by atoms with van der Waals surface area (Å²) in [5.41, 5.74) is -1.29. The predicted octanol–water partition coefficient (Wildman–Crippen LogP) is 0.351. The van der Waals surface area contributed by atoms with Crippen LogP contribution in [0.4, 0.5) is 0 Å². The molecule has 0 saturated heterocycles. The number of hydrogen-bond acceptors (Lipinski definition) is 6. The lowest BCUT2D eigenvalue weighted by Gasteiger charge is -2.39. The molecule has 7 rings (SSSR count). The van der Waals surface area contributed by atoms with Crippen molar-refractivity contribution in [3.8, 4) is 11.4 Å². The van der Waals surface area contributed by atoms with Gasteiger partial charge in [-0.05, 0) is 24.3 Å². The zero-order chi connectivity index (χ0) is 24.3. The molecular formula is C23H19N7O5. The number of fused-ring (bicyclic) bond motifs is 1. The van der Waals surface area contributed by atoms with E-state index >= 15 is 0 Å². The van der Waals surface area contributed by atoms with Crippen molar-refractivity contribution in [3.63, 3.8) is 0 Å². The Morgan fingerprint density at radius 1 is 0.771 bits per heavy atom. The highest BCUT2D eigenvalue weighted by atomic mass is 16.6. The van der Waals surface area contributed by atoms with Gasteiger partial charge in [-0.15, -0.1) is 0 Å². The second-order valence-corrected chi connectivity index (χ2v) is 8.13. The summed E-state index contributed by atoms with van der Waals surface area (Å²) in [6.45, 7) is 0.